The number of fused-ring (bicyclic) bond motifs is 1. The van der Waals surface area contributed by atoms with Gasteiger partial charge >= 0.3 is 0 Å². The lowest BCUT2D eigenvalue weighted by Gasteiger charge is -2.08. The van der Waals surface area contributed by atoms with Crippen LogP contribution in [0.3, 0.4) is 0 Å². The Balaban J connectivity index is 1.59. The molecule has 0 atom stereocenters. The fraction of sp³-hybridized carbons (Fsp3) is 0. The summed E-state index contributed by atoms with van der Waals surface area (Å²) in [5, 5.41) is 4.23. The normalized spacial score (nSPS) is 11.2. The van der Waals surface area contributed by atoms with Gasteiger partial charge in [-0.25, -0.2) is 23.4 Å². The van der Waals surface area contributed by atoms with E-state index in [1.165, 1.54) is 12.1 Å². The van der Waals surface area contributed by atoms with Gasteiger partial charge < -0.3 is 0 Å². The van der Waals surface area contributed by atoms with Gasteiger partial charge in [0.2, 0.25) is 0 Å². The summed E-state index contributed by atoms with van der Waals surface area (Å²) in [6.45, 7) is 0. The Bertz CT molecular complexity index is 1290. The van der Waals surface area contributed by atoms with E-state index in [-0.39, 0.29) is 0 Å². The minimum absolute atomic E-state index is 0.315. The van der Waals surface area contributed by atoms with E-state index in [0.717, 1.165) is 22.8 Å². The van der Waals surface area contributed by atoms with Crippen molar-refractivity contribution in [3.05, 3.63) is 91.1 Å². The van der Waals surface area contributed by atoms with Crippen molar-refractivity contribution in [3.8, 4) is 22.6 Å². The first kappa shape index (κ1) is 16.3. The molecular weight excluding hydrogens is 360 g/mol. The Kier molecular flexibility index (Phi) is 3.72. The lowest BCUT2D eigenvalue weighted by molar-refractivity contribution is 0.585. The SMILES string of the molecule is Fc1ccc(-c2ccnc(-n3cnc4cc(-n5cccn5)ccc43)c2)c(F)c1. The van der Waals surface area contributed by atoms with Crippen molar-refractivity contribution in [1.29, 1.82) is 0 Å². The second-order valence-corrected chi connectivity index (χ2v) is 6.27. The van der Waals surface area contributed by atoms with Crippen LogP contribution in [-0.2, 0) is 0 Å². The summed E-state index contributed by atoms with van der Waals surface area (Å²) in [5.74, 6) is -0.629. The van der Waals surface area contributed by atoms with Gasteiger partial charge in [0.1, 0.15) is 23.8 Å². The summed E-state index contributed by atoms with van der Waals surface area (Å²) in [7, 11) is 0. The van der Waals surface area contributed by atoms with E-state index in [1.54, 1.807) is 35.5 Å². The Hall–Kier alpha value is -3.87. The Morgan fingerprint density at radius 1 is 0.857 bits per heavy atom. The first-order valence-electron chi connectivity index (χ1n) is 8.58. The third-order valence-corrected chi connectivity index (χ3v) is 4.53. The molecule has 5 rings (SSSR count). The van der Waals surface area contributed by atoms with Crippen molar-refractivity contribution in [2.45, 2.75) is 0 Å². The maximum atomic E-state index is 14.2. The molecule has 7 heteroatoms. The number of nitrogens with zero attached hydrogens (tertiary/aromatic N) is 5. The molecule has 28 heavy (non-hydrogen) atoms. The van der Waals surface area contributed by atoms with E-state index >= 15 is 0 Å². The quantitative estimate of drug-likeness (QED) is 0.466. The molecule has 5 nitrogen and oxygen atoms in total. The van der Waals surface area contributed by atoms with Crippen LogP contribution in [0.4, 0.5) is 8.78 Å². The maximum absolute atomic E-state index is 14.2. The zero-order valence-corrected chi connectivity index (χ0v) is 14.5. The van der Waals surface area contributed by atoms with Crippen LogP contribution in [0.2, 0.25) is 0 Å². The van der Waals surface area contributed by atoms with Gasteiger partial charge in [0.05, 0.1) is 16.7 Å². The molecule has 0 spiro atoms. The summed E-state index contributed by atoms with van der Waals surface area (Å²) in [5.41, 5.74) is 3.47. The Morgan fingerprint density at radius 2 is 1.79 bits per heavy atom. The summed E-state index contributed by atoms with van der Waals surface area (Å²) in [6.07, 6.45) is 6.84. The Labute approximate surface area is 158 Å². The fourth-order valence-corrected chi connectivity index (χ4v) is 3.19. The van der Waals surface area contributed by atoms with Crippen LogP contribution >= 0.6 is 0 Å². The molecule has 0 saturated heterocycles. The summed E-state index contributed by atoms with van der Waals surface area (Å²) in [4.78, 5) is 8.84. The van der Waals surface area contributed by atoms with Gasteiger partial charge in [-0.05, 0) is 54.1 Å². The first-order chi connectivity index (χ1) is 13.7. The van der Waals surface area contributed by atoms with Gasteiger partial charge in [0, 0.05) is 30.2 Å². The van der Waals surface area contributed by atoms with E-state index in [0.29, 0.717) is 16.9 Å². The monoisotopic (exact) mass is 373 g/mol. The summed E-state index contributed by atoms with van der Waals surface area (Å²) < 4.78 is 30.9. The third-order valence-electron chi connectivity index (χ3n) is 4.53. The largest absolute Gasteiger partial charge is 0.283 e. The maximum Gasteiger partial charge on any atom is 0.138 e. The molecule has 0 N–H and O–H groups in total. The minimum Gasteiger partial charge on any atom is -0.283 e. The predicted molar refractivity (Wildman–Crippen MR) is 101 cm³/mol. The van der Waals surface area contributed by atoms with E-state index < -0.39 is 11.6 Å². The molecule has 0 aliphatic carbocycles. The minimum atomic E-state index is -0.614. The smallest absolute Gasteiger partial charge is 0.138 e. The van der Waals surface area contributed by atoms with E-state index in [4.69, 9.17) is 0 Å². The molecule has 3 heterocycles. The summed E-state index contributed by atoms with van der Waals surface area (Å²) >= 11 is 0. The average molecular weight is 373 g/mol. The van der Waals surface area contributed by atoms with E-state index in [9.17, 15) is 8.78 Å². The first-order valence-corrected chi connectivity index (χ1v) is 8.58. The molecule has 0 radical (unpaired) electrons. The topological polar surface area (TPSA) is 48.5 Å². The number of pyridine rings is 1. The number of hydrogen-bond donors (Lipinski definition) is 0. The van der Waals surface area contributed by atoms with Gasteiger partial charge in [-0.15, -0.1) is 0 Å². The van der Waals surface area contributed by atoms with Gasteiger partial charge in [-0.1, -0.05) is 0 Å². The number of halogens is 2. The molecule has 0 unspecified atom stereocenters. The molecule has 0 fully saturated rings. The third kappa shape index (κ3) is 2.73. The highest BCUT2D eigenvalue weighted by Crippen LogP contribution is 2.26. The Morgan fingerprint density at radius 3 is 2.61 bits per heavy atom. The summed E-state index contributed by atoms with van der Waals surface area (Å²) in [6, 6.07) is 14.6. The van der Waals surface area contributed by atoms with E-state index in [1.807, 2.05) is 35.0 Å². The fourth-order valence-electron chi connectivity index (χ4n) is 3.19. The molecule has 136 valence electrons. The standard InChI is InChI=1S/C21H13F2N5/c22-15-2-4-17(18(23)11-15)14-6-8-24-21(10-14)27-13-25-19-12-16(3-5-20(19)27)28-9-1-7-26-28/h1-13H. The highest BCUT2D eigenvalue weighted by molar-refractivity contribution is 5.79. The molecule has 2 aromatic carbocycles. The number of imidazole rings is 1. The second kappa shape index (κ2) is 6.38. The zero-order valence-electron chi connectivity index (χ0n) is 14.5. The lowest BCUT2D eigenvalue weighted by atomic mass is 10.1. The van der Waals surface area contributed by atoms with Crippen LogP contribution in [0.1, 0.15) is 0 Å². The average Bonchev–Trinajstić information content (AvgIpc) is 3.37. The van der Waals surface area contributed by atoms with Crippen molar-refractivity contribution < 1.29 is 8.78 Å². The molecule has 0 amide bonds. The highest BCUT2D eigenvalue weighted by Gasteiger charge is 2.11. The van der Waals surface area contributed by atoms with Gasteiger partial charge in [-0.3, -0.25) is 4.57 Å². The number of rotatable bonds is 3. The van der Waals surface area contributed by atoms with Gasteiger partial charge in [0.25, 0.3) is 0 Å². The molecule has 5 aromatic rings. The molecule has 0 saturated carbocycles. The van der Waals surface area contributed by atoms with Crippen LogP contribution in [0, 0.1) is 11.6 Å². The molecule has 0 bridgehead atoms. The number of benzene rings is 2. The van der Waals surface area contributed by atoms with Crippen LogP contribution in [0.25, 0.3) is 33.7 Å². The molecular formula is C21H13F2N5. The number of aromatic nitrogens is 5. The predicted octanol–water partition coefficient (Wildman–Crippen LogP) is 4.55. The van der Waals surface area contributed by atoms with Crippen LogP contribution in [0.15, 0.2) is 79.5 Å². The lowest BCUT2D eigenvalue weighted by Crippen LogP contribution is -1.97. The van der Waals surface area contributed by atoms with Gasteiger partial charge in [-0.2, -0.15) is 5.10 Å². The van der Waals surface area contributed by atoms with Gasteiger partial charge in [0.15, 0.2) is 0 Å². The van der Waals surface area contributed by atoms with Crippen molar-refractivity contribution in [3.63, 3.8) is 0 Å². The zero-order chi connectivity index (χ0) is 19.1. The van der Waals surface area contributed by atoms with Crippen LogP contribution in [0.5, 0.6) is 0 Å². The van der Waals surface area contributed by atoms with Crippen molar-refractivity contribution >= 4 is 11.0 Å². The number of hydrogen-bond acceptors (Lipinski definition) is 3. The van der Waals surface area contributed by atoms with Crippen LogP contribution < -0.4 is 0 Å². The molecule has 0 aliphatic rings. The van der Waals surface area contributed by atoms with E-state index in [2.05, 4.69) is 15.1 Å². The second-order valence-electron chi connectivity index (χ2n) is 6.27. The van der Waals surface area contributed by atoms with Crippen LogP contribution in [-0.4, -0.2) is 24.3 Å². The van der Waals surface area contributed by atoms with Crippen molar-refractivity contribution in [2.24, 2.45) is 0 Å². The van der Waals surface area contributed by atoms with Crippen molar-refractivity contribution in [1.82, 2.24) is 24.3 Å². The molecule has 3 aromatic heterocycles. The van der Waals surface area contributed by atoms with Crippen molar-refractivity contribution in [2.75, 3.05) is 0 Å². The highest BCUT2D eigenvalue weighted by atomic mass is 19.1. The molecule has 0 aliphatic heterocycles.